The summed E-state index contributed by atoms with van der Waals surface area (Å²) < 4.78 is 26.6. The number of hydrogen-bond acceptors (Lipinski definition) is 4. The first-order valence-electron chi connectivity index (χ1n) is 11.3. The maximum Gasteiger partial charge on any atom is 0.244 e. The van der Waals surface area contributed by atoms with Crippen molar-refractivity contribution in [2.24, 2.45) is 0 Å². The Bertz CT molecular complexity index is 1250. The molecule has 35 heavy (non-hydrogen) atoms. The first-order chi connectivity index (χ1) is 16.7. The normalized spacial score (nSPS) is 12.0. The van der Waals surface area contributed by atoms with E-state index in [1.54, 1.807) is 25.1 Å². The van der Waals surface area contributed by atoms with E-state index in [1.807, 2.05) is 66.7 Å². The maximum absolute atomic E-state index is 13.8. The first kappa shape index (κ1) is 26.0. The van der Waals surface area contributed by atoms with Crippen LogP contribution in [0.25, 0.3) is 0 Å². The zero-order valence-electron chi connectivity index (χ0n) is 20.2. The van der Waals surface area contributed by atoms with Crippen molar-refractivity contribution in [1.82, 2.24) is 10.2 Å². The molecule has 0 aliphatic rings. The molecule has 0 bridgehead atoms. The monoisotopic (exact) mass is 493 g/mol. The van der Waals surface area contributed by atoms with Crippen LogP contribution in [0.1, 0.15) is 16.7 Å². The number of aryl methyl sites for hydroxylation is 1. The molecule has 0 aliphatic carbocycles. The Balaban J connectivity index is 2.01. The van der Waals surface area contributed by atoms with Crippen molar-refractivity contribution >= 4 is 27.5 Å². The van der Waals surface area contributed by atoms with E-state index in [1.165, 1.54) is 11.9 Å². The van der Waals surface area contributed by atoms with Gasteiger partial charge in [-0.25, -0.2) is 8.42 Å². The first-order valence-corrected chi connectivity index (χ1v) is 13.2. The van der Waals surface area contributed by atoms with Crippen LogP contribution < -0.4 is 9.62 Å². The summed E-state index contributed by atoms with van der Waals surface area (Å²) in [5, 5.41) is 2.67. The molecule has 0 aromatic heterocycles. The van der Waals surface area contributed by atoms with Crippen LogP contribution in [-0.4, -0.2) is 51.0 Å². The van der Waals surface area contributed by atoms with E-state index in [0.29, 0.717) is 12.1 Å². The number of sulfonamides is 1. The number of nitrogens with one attached hydrogen (secondary N) is 1. The molecule has 1 atom stereocenters. The van der Waals surface area contributed by atoms with E-state index in [4.69, 9.17) is 0 Å². The third-order valence-corrected chi connectivity index (χ3v) is 6.90. The number of anilines is 1. The molecule has 0 unspecified atom stereocenters. The number of para-hydroxylation sites is 1. The van der Waals surface area contributed by atoms with Gasteiger partial charge in [-0.2, -0.15) is 0 Å². The molecule has 0 fully saturated rings. The number of rotatable bonds is 10. The van der Waals surface area contributed by atoms with Crippen molar-refractivity contribution in [1.29, 1.82) is 0 Å². The second kappa shape index (κ2) is 11.7. The molecule has 2 amide bonds. The van der Waals surface area contributed by atoms with E-state index in [9.17, 15) is 18.0 Å². The summed E-state index contributed by atoms with van der Waals surface area (Å²) in [7, 11) is -2.24. The lowest BCUT2D eigenvalue weighted by Crippen LogP contribution is -2.53. The third kappa shape index (κ3) is 6.93. The molecule has 0 heterocycles. The van der Waals surface area contributed by atoms with Crippen molar-refractivity contribution < 1.29 is 18.0 Å². The van der Waals surface area contributed by atoms with Crippen LogP contribution in [0.5, 0.6) is 0 Å². The quantitative estimate of drug-likeness (QED) is 0.470. The van der Waals surface area contributed by atoms with E-state index in [-0.39, 0.29) is 12.5 Å². The molecular formula is C27H31N3O4S. The second-order valence-electron chi connectivity index (χ2n) is 8.38. The molecule has 3 rings (SSSR count). The summed E-state index contributed by atoms with van der Waals surface area (Å²) in [6.07, 6.45) is 1.37. The van der Waals surface area contributed by atoms with Crippen molar-refractivity contribution in [3.8, 4) is 0 Å². The van der Waals surface area contributed by atoms with E-state index in [2.05, 4.69) is 5.32 Å². The fourth-order valence-corrected chi connectivity index (χ4v) is 4.85. The molecule has 7 nitrogen and oxygen atoms in total. The Labute approximate surface area is 207 Å². The van der Waals surface area contributed by atoms with Gasteiger partial charge >= 0.3 is 0 Å². The highest BCUT2D eigenvalue weighted by molar-refractivity contribution is 7.92. The van der Waals surface area contributed by atoms with Crippen LogP contribution in [0.15, 0.2) is 84.9 Å². The molecule has 8 heteroatoms. The van der Waals surface area contributed by atoms with E-state index >= 15 is 0 Å². The van der Waals surface area contributed by atoms with Gasteiger partial charge in [0.15, 0.2) is 0 Å². The van der Waals surface area contributed by atoms with Crippen molar-refractivity contribution in [2.45, 2.75) is 25.9 Å². The van der Waals surface area contributed by atoms with Gasteiger partial charge in [-0.1, -0.05) is 78.9 Å². The minimum absolute atomic E-state index is 0.163. The third-order valence-electron chi connectivity index (χ3n) is 5.78. The number of amides is 2. The van der Waals surface area contributed by atoms with Gasteiger partial charge in [0, 0.05) is 20.0 Å². The number of benzene rings is 3. The summed E-state index contributed by atoms with van der Waals surface area (Å²) in [6.45, 7) is 1.54. The summed E-state index contributed by atoms with van der Waals surface area (Å²) >= 11 is 0. The average molecular weight is 494 g/mol. The van der Waals surface area contributed by atoms with Crippen molar-refractivity contribution in [3.05, 3.63) is 102 Å². The Morgan fingerprint density at radius 1 is 0.857 bits per heavy atom. The molecular weight excluding hydrogens is 462 g/mol. The van der Waals surface area contributed by atoms with Crippen LogP contribution in [0.2, 0.25) is 0 Å². The highest BCUT2D eigenvalue weighted by Gasteiger charge is 2.32. The van der Waals surface area contributed by atoms with Crippen molar-refractivity contribution in [3.63, 3.8) is 0 Å². The van der Waals surface area contributed by atoms with Gasteiger partial charge in [0.05, 0.1) is 11.9 Å². The van der Waals surface area contributed by atoms with Gasteiger partial charge < -0.3 is 10.2 Å². The molecule has 0 saturated carbocycles. The number of carbonyl (C=O) groups excluding carboxylic acids is 2. The van der Waals surface area contributed by atoms with Crippen LogP contribution in [0.3, 0.4) is 0 Å². The van der Waals surface area contributed by atoms with Crippen LogP contribution in [-0.2, 0) is 32.6 Å². The summed E-state index contributed by atoms with van der Waals surface area (Å²) in [5.74, 6) is -0.785. The summed E-state index contributed by atoms with van der Waals surface area (Å²) in [5.41, 5.74) is 2.89. The molecule has 0 saturated heterocycles. The standard InChI is InChI=1S/C27H31N3O4S/c1-21-12-10-11-17-24(21)30(35(3,33)34)20-26(31)29(19-23-15-8-5-9-16-23)25(27(32)28-2)18-22-13-6-4-7-14-22/h4-17,25H,18-20H2,1-3H3,(H,28,32)/t25-/m0/s1. The van der Waals surface area contributed by atoms with Gasteiger partial charge in [0.1, 0.15) is 12.6 Å². The van der Waals surface area contributed by atoms with E-state index < -0.39 is 28.5 Å². The zero-order chi connectivity index (χ0) is 25.4. The van der Waals surface area contributed by atoms with Crippen LogP contribution >= 0.6 is 0 Å². The number of hydrogen-bond donors (Lipinski definition) is 1. The number of likely N-dealkylation sites (N-methyl/N-ethyl adjacent to an activating group) is 1. The molecule has 0 spiro atoms. The zero-order valence-corrected chi connectivity index (χ0v) is 21.0. The van der Waals surface area contributed by atoms with Crippen LogP contribution in [0, 0.1) is 6.92 Å². The Morgan fingerprint density at radius 2 is 1.40 bits per heavy atom. The smallest absolute Gasteiger partial charge is 0.244 e. The minimum atomic E-state index is -3.77. The lowest BCUT2D eigenvalue weighted by molar-refractivity contribution is -0.139. The van der Waals surface area contributed by atoms with Crippen molar-refractivity contribution in [2.75, 3.05) is 24.2 Å². The highest BCUT2D eigenvalue weighted by atomic mass is 32.2. The topological polar surface area (TPSA) is 86.8 Å². The SMILES string of the molecule is CNC(=O)[C@H](Cc1ccccc1)N(Cc1ccccc1)C(=O)CN(c1ccccc1C)S(C)(=O)=O. The van der Waals surface area contributed by atoms with Gasteiger partial charge in [-0.15, -0.1) is 0 Å². The molecule has 3 aromatic carbocycles. The summed E-state index contributed by atoms with van der Waals surface area (Å²) in [4.78, 5) is 28.3. The fraction of sp³-hybridized carbons (Fsp3) is 0.259. The maximum atomic E-state index is 13.8. The molecule has 3 aromatic rings. The Morgan fingerprint density at radius 3 is 1.94 bits per heavy atom. The molecule has 0 aliphatic heterocycles. The van der Waals surface area contributed by atoms with Gasteiger partial charge in [0.25, 0.3) is 0 Å². The number of nitrogens with zero attached hydrogens (tertiary/aromatic N) is 2. The van der Waals surface area contributed by atoms with Crippen LogP contribution in [0.4, 0.5) is 5.69 Å². The minimum Gasteiger partial charge on any atom is -0.357 e. The Hall–Kier alpha value is -3.65. The average Bonchev–Trinajstić information content (AvgIpc) is 2.85. The lowest BCUT2D eigenvalue weighted by Gasteiger charge is -2.33. The molecule has 1 N–H and O–H groups in total. The Kier molecular flexibility index (Phi) is 8.65. The van der Waals surface area contributed by atoms with Gasteiger partial charge in [-0.05, 0) is 29.7 Å². The highest BCUT2D eigenvalue weighted by Crippen LogP contribution is 2.23. The van der Waals surface area contributed by atoms with Gasteiger partial charge in [0.2, 0.25) is 21.8 Å². The van der Waals surface area contributed by atoms with Gasteiger partial charge in [-0.3, -0.25) is 13.9 Å². The molecule has 184 valence electrons. The number of carbonyl (C=O) groups is 2. The predicted molar refractivity (Wildman–Crippen MR) is 138 cm³/mol. The largest absolute Gasteiger partial charge is 0.357 e. The summed E-state index contributed by atoms with van der Waals surface area (Å²) in [6, 6.07) is 25.0. The second-order valence-corrected chi connectivity index (χ2v) is 10.3. The fourth-order valence-electron chi connectivity index (χ4n) is 3.94. The molecule has 0 radical (unpaired) electrons. The lowest BCUT2D eigenvalue weighted by atomic mass is 10.0. The van der Waals surface area contributed by atoms with E-state index in [0.717, 1.165) is 27.3 Å². The predicted octanol–water partition coefficient (Wildman–Crippen LogP) is 3.15.